The Morgan fingerprint density at radius 3 is 2.04 bits per heavy atom. The highest BCUT2D eigenvalue weighted by molar-refractivity contribution is 5.81. The van der Waals surface area contributed by atoms with E-state index in [1.807, 2.05) is 6.92 Å². The summed E-state index contributed by atoms with van der Waals surface area (Å²) in [5, 5.41) is 2.75. The molecule has 0 fully saturated rings. The number of esters is 1. The van der Waals surface area contributed by atoms with Gasteiger partial charge in [-0.2, -0.15) is 0 Å². The largest absolute Gasteiger partial charge is 0.459 e. The molecule has 5 heteroatoms. The zero-order valence-electron chi connectivity index (χ0n) is 16.2. The fourth-order valence-corrected chi connectivity index (χ4v) is 2.47. The fourth-order valence-electron chi connectivity index (χ4n) is 2.47. The van der Waals surface area contributed by atoms with Crippen molar-refractivity contribution in [3.8, 4) is 0 Å². The molecule has 5 nitrogen and oxygen atoms in total. The van der Waals surface area contributed by atoms with Gasteiger partial charge >= 0.3 is 12.1 Å². The summed E-state index contributed by atoms with van der Waals surface area (Å²) in [7, 11) is 0. The number of carbonyl (C=O) groups is 2. The molecular formula is C20H37NO4. The molecule has 0 spiro atoms. The molecule has 0 saturated heterocycles. The number of amides is 1. The molecule has 0 heterocycles. The first-order chi connectivity index (χ1) is 12.1. The van der Waals surface area contributed by atoms with E-state index in [-0.39, 0.29) is 6.61 Å². The van der Waals surface area contributed by atoms with Gasteiger partial charge in [0, 0.05) is 12.6 Å². The fraction of sp³-hybridized carbons (Fsp3) is 0.800. The Morgan fingerprint density at radius 2 is 1.52 bits per heavy atom. The Kier molecular flexibility index (Phi) is 16.3. The Balaban J connectivity index is 3.50. The SMILES string of the molecule is C=CC(=O)OCC(CC)OC(=O)NCCCCCCCCCCCC. The van der Waals surface area contributed by atoms with Crippen LogP contribution in [0, 0.1) is 0 Å². The van der Waals surface area contributed by atoms with Crippen molar-refractivity contribution in [3.05, 3.63) is 12.7 Å². The van der Waals surface area contributed by atoms with Gasteiger partial charge in [0.15, 0.2) is 0 Å². The van der Waals surface area contributed by atoms with Crippen LogP contribution in [0.3, 0.4) is 0 Å². The molecule has 0 aromatic heterocycles. The van der Waals surface area contributed by atoms with Gasteiger partial charge < -0.3 is 14.8 Å². The van der Waals surface area contributed by atoms with E-state index in [9.17, 15) is 9.59 Å². The van der Waals surface area contributed by atoms with E-state index in [0.717, 1.165) is 18.9 Å². The third-order valence-electron chi connectivity index (χ3n) is 4.11. The van der Waals surface area contributed by atoms with Crippen molar-refractivity contribution < 1.29 is 19.1 Å². The molecule has 0 radical (unpaired) electrons. The maximum atomic E-state index is 11.7. The van der Waals surface area contributed by atoms with Crippen LogP contribution in [0.1, 0.15) is 84.5 Å². The van der Waals surface area contributed by atoms with Crippen molar-refractivity contribution in [2.24, 2.45) is 0 Å². The van der Waals surface area contributed by atoms with Crippen LogP contribution in [0.5, 0.6) is 0 Å². The minimum Gasteiger partial charge on any atom is -0.459 e. The molecule has 1 N–H and O–H groups in total. The minimum atomic E-state index is -0.507. The Hall–Kier alpha value is -1.52. The van der Waals surface area contributed by atoms with Gasteiger partial charge in [-0.3, -0.25) is 0 Å². The molecule has 0 aromatic rings. The quantitative estimate of drug-likeness (QED) is 0.236. The molecule has 1 atom stereocenters. The summed E-state index contributed by atoms with van der Waals surface area (Å²) in [5.74, 6) is -0.507. The maximum absolute atomic E-state index is 11.7. The Bertz CT molecular complexity index is 358. The summed E-state index contributed by atoms with van der Waals surface area (Å²) < 4.78 is 10.1. The summed E-state index contributed by atoms with van der Waals surface area (Å²) in [4.78, 5) is 22.7. The molecule has 0 bridgehead atoms. The molecule has 0 rings (SSSR count). The molecule has 0 aliphatic carbocycles. The highest BCUT2D eigenvalue weighted by atomic mass is 16.6. The number of nitrogens with one attached hydrogen (secondary N) is 1. The van der Waals surface area contributed by atoms with Crippen LogP contribution in [0.4, 0.5) is 4.79 Å². The zero-order valence-corrected chi connectivity index (χ0v) is 16.2. The Labute approximate surface area is 153 Å². The van der Waals surface area contributed by atoms with E-state index in [1.54, 1.807) is 0 Å². The number of hydrogen-bond donors (Lipinski definition) is 1. The van der Waals surface area contributed by atoms with Crippen LogP contribution in [0.15, 0.2) is 12.7 Å². The van der Waals surface area contributed by atoms with Gasteiger partial charge in [0.1, 0.15) is 12.7 Å². The second kappa shape index (κ2) is 17.3. The van der Waals surface area contributed by atoms with Crippen LogP contribution >= 0.6 is 0 Å². The first-order valence-electron chi connectivity index (χ1n) is 9.87. The lowest BCUT2D eigenvalue weighted by Gasteiger charge is -2.16. The summed E-state index contributed by atoms with van der Waals surface area (Å²) in [6.07, 6.45) is 13.5. The first-order valence-corrected chi connectivity index (χ1v) is 9.87. The lowest BCUT2D eigenvalue weighted by atomic mass is 10.1. The molecule has 0 aliphatic rings. The molecule has 0 aliphatic heterocycles. The smallest absolute Gasteiger partial charge is 0.407 e. The van der Waals surface area contributed by atoms with Crippen molar-refractivity contribution >= 4 is 12.1 Å². The predicted octanol–water partition coefficient (Wildman–Crippen LogP) is 5.14. The first kappa shape index (κ1) is 23.5. The van der Waals surface area contributed by atoms with Gasteiger partial charge in [-0.05, 0) is 12.8 Å². The van der Waals surface area contributed by atoms with Crippen LogP contribution in [-0.2, 0) is 14.3 Å². The lowest BCUT2D eigenvalue weighted by molar-refractivity contribution is -0.140. The number of carbonyl (C=O) groups excluding carboxylic acids is 2. The third-order valence-corrected chi connectivity index (χ3v) is 4.11. The van der Waals surface area contributed by atoms with Crippen molar-refractivity contribution in [2.75, 3.05) is 13.2 Å². The van der Waals surface area contributed by atoms with Crippen molar-refractivity contribution in [1.29, 1.82) is 0 Å². The highest BCUT2D eigenvalue weighted by Crippen LogP contribution is 2.10. The second-order valence-electron chi connectivity index (χ2n) is 6.38. The number of ether oxygens (including phenoxy) is 2. The second-order valence-corrected chi connectivity index (χ2v) is 6.38. The van der Waals surface area contributed by atoms with Crippen LogP contribution in [-0.4, -0.2) is 31.3 Å². The summed E-state index contributed by atoms with van der Waals surface area (Å²) in [6.45, 7) is 8.13. The van der Waals surface area contributed by atoms with Crippen LogP contribution in [0.2, 0.25) is 0 Å². The van der Waals surface area contributed by atoms with Gasteiger partial charge in [-0.15, -0.1) is 0 Å². The number of hydrogen-bond acceptors (Lipinski definition) is 4. The summed E-state index contributed by atoms with van der Waals surface area (Å²) in [6, 6.07) is 0. The lowest BCUT2D eigenvalue weighted by Crippen LogP contribution is -2.32. The van der Waals surface area contributed by atoms with Gasteiger partial charge in [0.05, 0.1) is 0 Å². The highest BCUT2D eigenvalue weighted by Gasteiger charge is 2.13. The summed E-state index contributed by atoms with van der Waals surface area (Å²) >= 11 is 0. The number of alkyl carbamates (subject to hydrolysis) is 1. The van der Waals surface area contributed by atoms with Crippen molar-refractivity contribution in [2.45, 2.75) is 90.6 Å². The van der Waals surface area contributed by atoms with E-state index < -0.39 is 18.2 Å². The molecular weight excluding hydrogens is 318 g/mol. The molecule has 146 valence electrons. The van der Waals surface area contributed by atoms with Crippen LogP contribution in [0.25, 0.3) is 0 Å². The standard InChI is InChI=1S/C20H37NO4/c1-4-7-8-9-10-11-12-13-14-15-16-21-20(23)25-18(5-2)17-24-19(22)6-3/h6,18H,3-5,7-17H2,1-2H3,(H,21,23). The van der Waals surface area contributed by atoms with E-state index >= 15 is 0 Å². The third kappa shape index (κ3) is 15.7. The number of rotatable bonds is 16. The average Bonchev–Trinajstić information content (AvgIpc) is 2.62. The molecule has 0 saturated carbocycles. The van der Waals surface area contributed by atoms with Gasteiger partial charge in [-0.25, -0.2) is 9.59 Å². The van der Waals surface area contributed by atoms with Gasteiger partial charge in [-0.1, -0.05) is 78.2 Å². The average molecular weight is 356 g/mol. The van der Waals surface area contributed by atoms with Crippen molar-refractivity contribution in [1.82, 2.24) is 5.32 Å². The Morgan fingerprint density at radius 1 is 0.960 bits per heavy atom. The monoisotopic (exact) mass is 355 g/mol. The predicted molar refractivity (Wildman–Crippen MR) is 102 cm³/mol. The van der Waals surface area contributed by atoms with Crippen molar-refractivity contribution in [3.63, 3.8) is 0 Å². The minimum absolute atomic E-state index is 0.0625. The van der Waals surface area contributed by atoms with E-state index in [4.69, 9.17) is 9.47 Å². The van der Waals surface area contributed by atoms with E-state index in [1.165, 1.54) is 51.4 Å². The van der Waals surface area contributed by atoms with E-state index in [2.05, 4.69) is 18.8 Å². The van der Waals surface area contributed by atoms with Gasteiger partial charge in [0.25, 0.3) is 0 Å². The number of unbranched alkanes of at least 4 members (excludes halogenated alkanes) is 9. The van der Waals surface area contributed by atoms with E-state index in [0.29, 0.717) is 13.0 Å². The summed E-state index contributed by atoms with van der Waals surface area (Å²) in [5.41, 5.74) is 0. The topological polar surface area (TPSA) is 64.6 Å². The molecule has 1 amide bonds. The maximum Gasteiger partial charge on any atom is 0.407 e. The normalized spacial score (nSPS) is 11.6. The van der Waals surface area contributed by atoms with Gasteiger partial charge in [0.2, 0.25) is 0 Å². The molecule has 0 aromatic carbocycles. The molecule has 1 unspecified atom stereocenters. The zero-order chi connectivity index (χ0) is 18.8. The molecule has 25 heavy (non-hydrogen) atoms. The van der Waals surface area contributed by atoms with Crippen LogP contribution < -0.4 is 5.32 Å².